The van der Waals surface area contributed by atoms with Crippen LogP contribution in [0.1, 0.15) is 26.7 Å². The molecule has 6 heteroatoms. The van der Waals surface area contributed by atoms with Gasteiger partial charge < -0.3 is 15.4 Å². The van der Waals surface area contributed by atoms with Gasteiger partial charge in [-0.1, -0.05) is 22.0 Å². The van der Waals surface area contributed by atoms with E-state index in [0.717, 1.165) is 29.6 Å². The molecule has 0 spiro atoms. The quantitative estimate of drug-likeness (QED) is 0.811. The molecule has 1 aliphatic heterocycles. The van der Waals surface area contributed by atoms with Gasteiger partial charge in [0.1, 0.15) is 11.9 Å². The highest BCUT2D eigenvalue weighted by Gasteiger charge is 2.24. The molecule has 0 aliphatic carbocycles. The van der Waals surface area contributed by atoms with E-state index in [4.69, 9.17) is 4.74 Å². The third kappa shape index (κ3) is 6.15. The Bertz CT molecular complexity index is 487. The standard InChI is InChI=1S/C16H23BrN2O2.ClH/c1-11-8-13(6-7-18-11)16(20)19-10-12(2)21-15-5-3-4-14(17)9-15;/h3-5,9,11-13,18H,6-8,10H2,1-2H3,(H,19,20);1H/t11-,12?,13-;/m0./s1. The summed E-state index contributed by atoms with van der Waals surface area (Å²) in [7, 11) is 0. The van der Waals surface area contributed by atoms with Gasteiger partial charge in [0.25, 0.3) is 0 Å². The van der Waals surface area contributed by atoms with Crippen molar-refractivity contribution >= 4 is 34.2 Å². The Morgan fingerprint density at radius 3 is 3.00 bits per heavy atom. The number of amides is 1. The van der Waals surface area contributed by atoms with Gasteiger partial charge in [0.2, 0.25) is 5.91 Å². The largest absolute Gasteiger partial charge is 0.489 e. The lowest BCUT2D eigenvalue weighted by Crippen LogP contribution is -2.44. The first-order valence-corrected chi connectivity index (χ1v) is 8.27. The molecule has 0 saturated carbocycles. The van der Waals surface area contributed by atoms with E-state index in [9.17, 15) is 4.79 Å². The van der Waals surface area contributed by atoms with Crippen LogP contribution >= 0.6 is 28.3 Å². The van der Waals surface area contributed by atoms with Crippen LogP contribution in [0.2, 0.25) is 0 Å². The summed E-state index contributed by atoms with van der Waals surface area (Å²) in [4.78, 5) is 12.2. The topological polar surface area (TPSA) is 50.4 Å². The fourth-order valence-corrected chi connectivity index (χ4v) is 2.95. The summed E-state index contributed by atoms with van der Waals surface area (Å²) in [6, 6.07) is 8.15. The Labute approximate surface area is 146 Å². The number of hydrogen-bond acceptors (Lipinski definition) is 3. The van der Waals surface area contributed by atoms with Gasteiger partial charge in [-0.3, -0.25) is 4.79 Å². The van der Waals surface area contributed by atoms with Crippen molar-refractivity contribution in [1.29, 1.82) is 0 Å². The van der Waals surface area contributed by atoms with E-state index >= 15 is 0 Å². The molecule has 1 aliphatic rings. The Morgan fingerprint density at radius 1 is 1.55 bits per heavy atom. The Hall–Kier alpha value is -0.780. The molecule has 1 aromatic carbocycles. The fourth-order valence-electron chi connectivity index (χ4n) is 2.57. The van der Waals surface area contributed by atoms with Gasteiger partial charge in [-0.2, -0.15) is 0 Å². The molecule has 124 valence electrons. The number of benzene rings is 1. The predicted octanol–water partition coefficient (Wildman–Crippen LogP) is 3.14. The first-order chi connectivity index (χ1) is 10.0. The third-order valence-corrected chi connectivity index (χ3v) is 4.18. The highest BCUT2D eigenvalue weighted by Crippen LogP contribution is 2.19. The molecule has 3 atom stereocenters. The monoisotopic (exact) mass is 390 g/mol. The maximum absolute atomic E-state index is 12.2. The number of nitrogens with one attached hydrogen (secondary N) is 2. The molecule has 1 fully saturated rings. The summed E-state index contributed by atoms with van der Waals surface area (Å²) in [5, 5.41) is 6.36. The van der Waals surface area contributed by atoms with Crippen LogP contribution in [0.4, 0.5) is 0 Å². The number of hydrogen-bond donors (Lipinski definition) is 2. The summed E-state index contributed by atoms with van der Waals surface area (Å²) in [6.07, 6.45) is 1.77. The molecule has 2 rings (SSSR count). The van der Waals surface area contributed by atoms with Crippen LogP contribution < -0.4 is 15.4 Å². The second kappa shape index (κ2) is 9.38. The van der Waals surface area contributed by atoms with Crippen LogP contribution in [0.15, 0.2) is 28.7 Å². The van der Waals surface area contributed by atoms with Crippen LogP contribution in [0, 0.1) is 5.92 Å². The summed E-state index contributed by atoms with van der Waals surface area (Å²) < 4.78 is 6.78. The predicted molar refractivity (Wildman–Crippen MR) is 94.7 cm³/mol. The van der Waals surface area contributed by atoms with Gasteiger partial charge >= 0.3 is 0 Å². The minimum Gasteiger partial charge on any atom is -0.489 e. The van der Waals surface area contributed by atoms with Crippen LogP contribution in [0.5, 0.6) is 5.75 Å². The average molecular weight is 392 g/mol. The van der Waals surface area contributed by atoms with Crippen molar-refractivity contribution in [2.45, 2.75) is 38.8 Å². The lowest BCUT2D eigenvalue weighted by Gasteiger charge is -2.27. The van der Waals surface area contributed by atoms with E-state index in [1.54, 1.807) is 0 Å². The van der Waals surface area contributed by atoms with E-state index in [0.29, 0.717) is 12.6 Å². The van der Waals surface area contributed by atoms with Crippen molar-refractivity contribution in [3.05, 3.63) is 28.7 Å². The first-order valence-electron chi connectivity index (χ1n) is 7.48. The van der Waals surface area contributed by atoms with E-state index < -0.39 is 0 Å². The molecule has 22 heavy (non-hydrogen) atoms. The molecule has 0 aromatic heterocycles. The van der Waals surface area contributed by atoms with Crippen molar-refractivity contribution in [2.75, 3.05) is 13.1 Å². The number of ether oxygens (including phenoxy) is 1. The molecule has 1 unspecified atom stereocenters. The molecule has 1 saturated heterocycles. The number of rotatable bonds is 5. The van der Waals surface area contributed by atoms with E-state index in [1.807, 2.05) is 31.2 Å². The van der Waals surface area contributed by atoms with Crippen molar-refractivity contribution in [3.8, 4) is 5.75 Å². The van der Waals surface area contributed by atoms with Crippen LogP contribution in [-0.2, 0) is 4.79 Å². The minimum atomic E-state index is -0.0533. The van der Waals surface area contributed by atoms with Crippen LogP contribution in [0.25, 0.3) is 0 Å². The highest BCUT2D eigenvalue weighted by molar-refractivity contribution is 9.10. The van der Waals surface area contributed by atoms with E-state index in [-0.39, 0.29) is 30.3 Å². The second-order valence-electron chi connectivity index (χ2n) is 5.71. The minimum absolute atomic E-state index is 0. The molecule has 4 nitrogen and oxygen atoms in total. The first kappa shape index (κ1) is 19.3. The average Bonchev–Trinajstić information content (AvgIpc) is 2.45. The van der Waals surface area contributed by atoms with Gasteiger partial charge in [0.05, 0.1) is 6.54 Å². The van der Waals surface area contributed by atoms with E-state index in [1.165, 1.54) is 0 Å². The molecule has 2 N–H and O–H groups in total. The third-order valence-electron chi connectivity index (χ3n) is 3.69. The number of halogens is 2. The SMILES string of the molecule is CC(CNC(=O)[C@H]1CCN[C@@H](C)C1)Oc1cccc(Br)c1.Cl. The number of carbonyl (C=O) groups is 1. The van der Waals surface area contributed by atoms with E-state index in [2.05, 4.69) is 33.5 Å². The van der Waals surface area contributed by atoms with Crippen molar-refractivity contribution in [1.82, 2.24) is 10.6 Å². The van der Waals surface area contributed by atoms with Crippen LogP contribution in [-0.4, -0.2) is 31.1 Å². The van der Waals surface area contributed by atoms with Gasteiger partial charge in [-0.05, 0) is 51.4 Å². The summed E-state index contributed by atoms with van der Waals surface area (Å²) in [6.45, 7) is 5.54. The number of piperidine rings is 1. The van der Waals surface area contributed by atoms with Gasteiger partial charge in [0.15, 0.2) is 0 Å². The van der Waals surface area contributed by atoms with Gasteiger partial charge in [0, 0.05) is 16.4 Å². The molecule has 1 aromatic rings. The molecule has 0 bridgehead atoms. The zero-order valence-corrected chi connectivity index (χ0v) is 15.4. The Morgan fingerprint density at radius 2 is 2.32 bits per heavy atom. The lowest BCUT2D eigenvalue weighted by atomic mass is 9.92. The van der Waals surface area contributed by atoms with Crippen molar-refractivity contribution < 1.29 is 9.53 Å². The Kier molecular flexibility index (Phi) is 8.21. The zero-order valence-electron chi connectivity index (χ0n) is 13.0. The maximum Gasteiger partial charge on any atom is 0.223 e. The van der Waals surface area contributed by atoms with Gasteiger partial charge in [-0.15, -0.1) is 12.4 Å². The normalized spacial score (nSPS) is 22.3. The van der Waals surface area contributed by atoms with Gasteiger partial charge in [-0.25, -0.2) is 0 Å². The van der Waals surface area contributed by atoms with Crippen LogP contribution in [0.3, 0.4) is 0 Å². The molecular formula is C16H24BrClN2O2. The number of carbonyl (C=O) groups excluding carboxylic acids is 1. The molecule has 0 radical (unpaired) electrons. The smallest absolute Gasteiger partial charge is 0.223 e. The summed E-state index contributed by atoms with van der Waals surface area (Å²) in [5.74, 6) is 1.08. The lowest BCUT2D eigenvalue weighted by molar-refractivity contribution is -0.126. The second-order valence-corrected chi connectivity index (χ2v) is 6.62. The maximum atomic E-state index is 12.2. The molecule has 1 amide bonds. The summed E-state index contributed by atoms with van der Waals surface area (Å²) in [5.41, 5.74) is 0. The Balaban J connectivity index is 0.00000242. The highest BCUT2D eigenvalue weighted by atomic mass is 79.9. The van der Waals surface area contributed by atoms with Crippen molar-refractivity contribution in [2.24, 2.45) is 5.92 Å². The molecule has 1 heterocycles. The molecular weight excluding hydrogens is 368 g/mol. The fraction of sp³-hybridized carbons (Fsp3) is 0.562. The van der Waals surface area contributed by atoms with Crippen molar-refractivity contribution in [3.63, 3.8) is 0 Å². The zero-order chi connectivity index (χ0) is 15.2. The summed E-state index contributed by atoms with van der Waals surface area (Å²) >= 11 is 3.42.